The van der Waals surface area contributed by atoms with Crippen LogP contribution in [-0.4, -0.2) is 33.2 Å². The number of aliphatic hydroxyl groups is 1. The third-order valence-electron chi connectivity index (χ3n) is 2.67. The molecule has 0 aliphatic rings. The van der Waals surface area contributed by atoms with E-state index in [0.717, 1.165) is 11.4 Å². The van der Waals surface area contributed by atoms with Gasteiger partial charge in [-0.3, -0.25) is 0 Å². The van der Waals surface area contributed by atoms with Crippen molar-refractivity contribution in [3.05, 3.63) is 41.2 Å². The van der Waals surface area contributed by atoms with Crippen molar-refractivity contribution in [3.8, 4) is 5.69 Å². The number of ether oxygens (including phenoxy) is 1. The first-order valence-corrected chi connectivity index (χ1v) is 5.38. The number of esters is 1. The molecule has 6 heteroatoms. The largest absolute Gasteiger partial charge is 0.465 e. The van der Waals surface area contributed by atoms with Crippen molar-refractivity contribution in [2.24, 2.45) is 0 Å². The summed E-state index contributed by atoms with van der Waals surface area (Å²) in [7, 11) is 1.34. The molecule has 6 nitrogen and oxygen atoms in total. The highest BCUT2D eigenvalue weighted by atomic mass is 16.5. The number of benzene rings is 1. The molecule has 0 atom stereocenters. The Morgan fingerprint density at radius 2 is 2.06 bits per heavy atom. The van der Waals surface area contributed by atoms with Crippen LogP contribution in [0.3, 0.4) is 0 Å². The molecule has 0 saturated carbocycles. The van der Waals surface area contributed by atoms with Crippen molar-refractivity contribution in [3.63, 3.8) is 0 Å². The van der Waals surface area contributed by atoms with Crippen LogP contribution >= 0.6 is 0 Å². The molecular weight excluding hydrogens is 234 g/mol. The van der Waals surface area contributed by atoms with Crippen LogP contribution in [0.5, 0.6) is 0 Å². The van der Waals surface area contributed by atoms with Gasteiger partial charge < -0.3 is 9.84 Å². The van der Waals surface area contributed by atoms with E-state index < -0.39 is 0 Å². The average Bonchev–Trinajstić information content (AvgIpc) is 2.79. The third kappa shape index (κ3) is 2.10. The zero-order valence-electron chi connectivity index (χ0n) is 10.1. The molecule has 18 heavy (non-hydrogen) atoms. The highest BCUT2D eigenvalue weighted by molar-refractivity contribution is 5.89. The van der Waals surface area contributed by atoms with Gasteiger partial charge in [-0.2, -0.15) is 0 Å². The van der Waals surface area contributed by atoms with Gasteiger partial charge in [-0.1, -0.05) is 5.21 Å². The summed E-state index contributed by atoms with van der Waals surface area (Å²) in [5.74, 6) is -0.382. The lowest BCUT2D eigenvalue weighted by Crippen LogP contribution is -2.03. The Hall–Kier alpha value is -2.21. The molecule has 0 aliphatic heterocycles. The van der Waals surface area contributed by atoms with Gasteiger partial charge >= 0.3 is 5.97 Å². The fraction of sp³-hybridized carbons (Fsp3) is 0.250. The summed E-state index contributed by atoms with van der Waals surface area (Å²) < 4.78 is 6.22. The van der Waals surface area contributed by atoms with Gasteiger partial charge in [0.25, 0.3) is 0 Å². The predicted octanol–water partition coefficient (Wildman–Crippen LogP) is 0.855. The van der Waals surface area contributed by atoms with Crippen LogP contribution in [-0.2, 0) is 11.3 Å². The SMILES string of the molecule is COC(=O)c1ccc(-n2nnc(CO)c2C)cc1. The number of aliphatic hydroxyl groups excluding tert-OH is 1. The summed E-state index contributed by atoms with van der Waals surface area (Å²) >= 11 is 0. The number of hydrogen-bond donors (Lipinski definition) is 1. The van der Waals surface area contributed by atoms with Crippen molar-refractivity contribution < 1.29 is 14.6 Å². The first-order valence-electron chi connectivity index (χ1n) is 5.38. The van der Waals surface area contributed by atoms with E-state index in [9.17, 15) is 4.79 Å². The van der Waals surface area contributed by atoms with Crippen molar-refractivity contribution in [2.45, 2.75) is 13.5 Å². The minimum Gasteiger partial charge on any atom is -0.465 e. The van der Waals surface area contributed by atoms with Crippen molar-refractivity contribution >= 4 is 5.97 Å². The topological polar surface area (TPSA) is 77.2 Å². The van der Waals surface area contributed by atoms with Gasteiger partial charge in [0.1, 0.15) is 5.69 Å². The van der Waals surface area contributed by atoms with E-state index >= 15 is 0 Å². The summed E-state index contributed by atoms with van der Waals surface area (Å²) in [6.45, 7) is 1.67. The smallest absolute Gasteiger partial charge is 0.337 e. The van der Waals surface area contributed by atoms with Gasteiger partial charge in [0.2, 0.25) is 0 Å². The lowest BCUT2D eigenvalue weighted by molar-refractivity contribution is 0.0601. The average molecular weight is 247 g/mol. The minimum atomic E-state index is -0.382. The molecule has 0 radical (unpaired) electrons. The van der Waals surface area contributed by atoms with Crippen LogP contribution < -0.4 is 0 Å². The number of hydrogen-bond acceptors (Lipinski definition) is 5. The first-order chi connectivity index (χ1) is 8.67. The molecule has 0 aliphatic carbocycles. The quantitative estimate of drug-likeness (QED) is 0.814. The van der Waals surface area contributed by atoms with Gasteiger partial charge in [-0.25, -0.2) is 9.48 Å². The van der Waals surface area contributed by atoms with Gasteiger partial charge in [0.15, 0.2) is 0 Å². The molecule has 2 aromatic rings. The van der Waals surface area contributed by atoms with Crippen LogP contribution in [0.4, 0.5) is 0 Å². The standard InChI is InChI=1S/C12H13N3O3/c1-8-11(7-16)13-14-15(8)10-5-3-9(4-6-10)12(17)18-2/h3-6,16H,7H2,1-2H3. The second kappa shape index (κ2) is 4.97. The number of methoxy groups -OCH3 is 1. The van der Waals surface area contributed by atoms with Crippen LogP contribution in [0.15, 0.2) is 24.3 Å². The Balaban J connectivity index is 2.34. The minimum absolute atomic E-state index is 0.147. The number of carbonyl (C=O) groups excluding carboxylic acids is 1. The number of rotatable bonds is 3. The molecule has 1 aromatic heterocycles. The number of nitrogens with zero attached hydrogens (tertiary/aromatic N) is 3. The molecule has 0 saturated heterocycles. The van der Waals surface area contributed by atoms with E-state index in [1.165, 1.54) is 7.11 Å². The Labute approximate surface area is 104 Å². The van der Waals surface area contributed by atoms with E-state index in [0.29, 0.717) is 11.3 Å². The molecule has 2 rings (SSSR count). The fourth-order valence-corrected chi connectivity index (χ4v) is 1.61. The van der Waals surface area contributed by atoms with Crippen LogP contribution in [0.25, 0.3) is 5.69 Å². The van der Waals surface area contributed by atoms with E-state index in [1.54, 1.807) is 28.9 Å². The molecule has 1 aromatic carbocycles. The zero-order chi connectivity index (χ0) is 13.1. The lowest BCUT2D eigenvalue weighted by atomic mass is 10.2. The summed E-state index contributed by atoms with van der Waals surface area (Å²) in [4.78, 5) is 11.3. The Morgan fingerprint density at radius 3 is 2.56 bits per heavy atom. The number of aromatic nitrogens is 3. The molecule has 0 fully saturated rings. The second-order valence-electron chi connectivity index (χ2n) is 3.73. The van der Waals surface area contributed by atoms with Crippen LogP contribution in [0.2, 0.25) is 0 Å². The summed E-state index contributed by atoms with van der Waals surface area (Å²) in [6.07, 6.45) is 0. The fourth-order valence-electron chi connectivity index (χ4n) is 1.61. The Bertz CT molecular complexity index is 560. The van der Waals surface area contributed by atoms with Crippen molar-refractivity contribution in [1.29, 1.82) is 0 Å². The van der Waals surface area contributed by atoms with E-state index in [2.05, 4.69) is 15.0 Å². The van der Waals surface area contributed by atoms with Crippen LogP contribution in [0.1, 0.15) is 21.7 Å². The molecule has 1 heterocycles. The van der Waals surface area contributed by atoms with Gasteiger partial charge in [-0.05, 0) is 31.2 Å². The monoisotopic (exact) mass is 247 g/mol. The molecule has 94 valence electrons. The highest BCUT2D eigenvalue weighted by Gasteiger charge is 2.10. The van der Waals surface area contributed by atoms with E-state index in [4.69, 9.17) is 5.11 Å². The molecular formula is C12H13N3O3. The summed E-state index contributed by atoms with van der Waals surface area (Å²) in [6, 6.07) is 6.80. The van der Waals surface area contributed by atoms with Crippen molar-refractivity contribution in [1.82, 2.24) is 15.0 Å². The third-order valence-corrected chi connectivity index (χ3v) is 2.67. The summed E-state index contributed by atoms with van der Waals surface area (Å²) in [5.41, 5.74) is 2.55. The van der Waals surface area contributed by atoms with Crippen LogP contribution in [0, 0.1) is 6.92 Å². The molecule has 0 amide bonds. The maximum Gasteiger partial charge on any atom is 0.337 e. The Kier molecular flexibility index (Phi) is 3.38. The highest BCUT2D eigenvalue weighted by Crippen LogP contribution is 2.13. The number of carbonyl (C=O) groups is 1. The van der Waals surface area contributed by atoms with Gasteiger partial charge in [-0.15, -0.1) is 5.10 Å². The molecule has 0 bridgehead atoms. The molecule has 1 N–H and O–H groups in total. The van der Waals surface area contributed by atoms with Crippen molar-refractivity contribution in [2.75, 3.05) is 7.11 Å². The lowest BCUT2D eigenvalue weighted by Gasteiger charge is -2.04. The van der Waals surface area contributed by atoms with E-state index in [1.807, 2.05) is 6.92 Å². The predicted molar refractivity (Wildman–Crippen MR) is 63.4 cm³/mol. The summed E-state index contributed by atoms with van der Waals surface area (Å²) in [5, 5.41) is 16.8. The maximum absolute atomic E-state index is 11.3. The molecule has 0 unspecified atom stereocenters. The maximum atomic E-state index is 11.3. The second-order valence-corrected chi connectivity index (χ2v) is 3.73. The zero-order valence-corrected chi connectivity index (χ0v) is 10.1. The Morgan fingerprint density at radius 1 is 1.39 bits per heavy atom. The van der Waals surface area contributed by atoms with Gasteiger partial charge in [0, 0.05) is 0 Å². The normalized spacial score (nSPS) is 10.4. The van der Waals surface area contributed by atoms with E-state index in [-0.39, 0.29) is 12.6 Å². The molecule has 0 spiro atoms. The van der Waals surface area contributed by atoms with Gasteiger partial charge in [0.05, 0.1) is 30.7 Å². The first kappa shape index (κ1) is 12.3.